The van der Waals surface area contributed by atoms with Crippen LogP contribution >= 0.6 is 0 Å². The quantitative estimate of drug-likeness (QED) is 0.532. The molecule has 96 valence electrons. The van der Waals surface area contributed by atoms with Gasteiger partial charge in [-0.25, -0.2) is 0 Å². The second kappa shape index (κ2) is 8.93. The molecule has 0 saturated carbocycles. The number of nitrogens with one attached hydrogen (secondary N) is 2. The molecule has 6 N–H and O–H groups in total. The van der Waals surface area contributed by atoms with Crippen LogP contribution in [0, 0.1) is 11.8 Å². The first-order chi connectivity index (χ1) is 7.86. The average molecular weight is 228 g/mol. The molecule has 2 aliphatic rings. The highest BCUT2D eigenvalue weighted by Crippen LogP contribution is 2.08. The molecule has 4 heteroatoms. The molecule has 0 unspecified atom stereocenters. The van der Waals surface area contributed by atoms with Crippen LogP contribution in [0.1, 0.15) is 25.7 Å². The maximum absolute atomic E-state index is 5.48. The summed E-state index contributed by atoms with van der Waals surface area (Å²) in [7, 11) is 0. The molecule has 16 heavy (non-hydrogen) atoms. The van der Waals surface area contributed by atoms with E-state index in [1.807, 2.05) is 0 Å². The standard InChI is InChI=1S/2C6H14N2/c2*7-5-6-1-3-8-4-2-6/h2*6,8H,1-5,7H2. The van der Waals surface area contributed by atoms with Crippen molar-refractivity contribution in [2.75, 3.05) is 39.3 Å². The number of nitrogens with two attached hydrogens (primary N) is 2. The fourth-order valence-electron chi connectivity index (χ4n) is 2.23. The second-order valence-corrected chi connectivity index (χ2v) is 4.86. The van der Waals surface area contributed by atoms with Crippen LogP contribution < -0.4 is 22.1 Å². The maximum Gasteiger partial charge on any atom is -0.00458 e. The molecular weight excluding hydrogens is 200 g/mol. The van der Waals surface area contributed by atoms with E-state index in [0.717, 1.165) is 24.9 Å². The Bertz CT molecular complexity index is 133. The summed E-state index contributed by atoms with van der Waals surface area (Å²) in [6.07, 6.45) is 5.10. The van der Waals surface area contributed by atoms with Crippen LogP contribution in [0.3, 0.4) is 0 Å². The molecular formula is C12H28N4. The van der Waals surface area contributed by atoms with Crippen molar-refractivity contribution in [1.82, 2.24) is 10.6 Å². The van der Waals surface area contributed by atoms with Crippen LogP contribution in [0.15, 0.2) is 0 Å². The summed E-state index contributed by atoms with van der Waals surface area (Å²) in [5.41, 5.74) is 11.0. The molecule has 0 radical (unpaired) electrons. The monoisotopic (exact) mass is 228 g/mol. The van der Waals surface area contributed by atoms with E-state index in [9.17, 15) is 0 Å². The lowest BCUT2D eigenvalue weighted by Crippen LogP contribution is -2.31. The van der Waals surface area contributed by atoms with E-state index in [0.29, 0.717) is 0 Å². The molecule has 0 amide bonds. The van der Waals surface area contributed by atoms with Gasteiger partial charge in [0.15, 0.2) is 0 Å². The SMILES string of the molecule is NCC1CCNCC1.NCC1CCNCC1. The highest BCUT2D eigenvalue weighted by Gasteiger charge is 2.09. The van der Waals surface area contributed by atoms with E-state index in [1.54, 1.807) is 0 Å². The number of piperidine rings is 2. The first kappa shape index (κ1) is 13.9. The van der Waals surface area contributed by atoms with Gasteiger partial charge >= 0.3 is 0 Å². The smallest absolute Gasteiger partial charge is 0.00458 e. The Hall–Kier alpha value is -0.160. The Balaban J connectivity index is 0.000000160. The van der Waals surface area contributed by atoms with E-state index in [4.69, 9.17) is 11.5 Å². The first-order valence-corrected chi connectivity index (χ1v) is 6.68. The summed E-state index contributed by atoms with van der Waals surface area (Å²) in [4.78, 5) is 0. The van der Waals surface area contributed by atoms with E-state index in [1.165, 1.54) is 51.9 Å². The molecule has 2 fully saturated rings. The zero-order valence-electron chi connectivity index (χ0n) is 10.4. The molecule has 2 aliphatic heterocycles. The van der Waals surface area contributed by atoms with Crippen molar-refractivity contribution in [3.8, 4) is 0 Å². The minimum absolute atomic E-state index is 0.802. The van der Waals surface area contributed by atoms with Gasteiger partial charge in [-0.05, 0) is 76.8 Å². The molecule has 0 bridgehead atoms. The molecule has 4 nitrogen and oxygen atoms in total. The largest absolute Gasteiger partial charge is 0.330 e. The summed E-state index contributed by atoms with van der Waals surface area (Å²) in [6.45, 7) is 6.43. The Morgan fingerprint density at radius 1 is 0.688 bits per heavy atom. The van der Waals surface area contributed by atoms with Gasteiger partial charge in [0.05, 0.1) is 0 Å². The highest BCUT2D eigenvalue weighted by molar-refractivity contribution is 4.68. The average Bonchev–Trinajstić information content (AvgIpc) is 2.41. The fourth-order valence-corrected chi connectivity index (χ4v) is 2.23. The van der Waals surface area contributed by atoms with Gasteiger partial charge in [0.25, 0.3) is 0 Å². The van der Waals surface area contributed by atoms with Crippen LogP contribution in [-0.4, -0.2) is 39.3 Å². The van der Waals surface area contributed by atoms with Crippen molar-refractivity contribution in [3.63, 3.8) is 0 Å². The van der Waals surface area contributed by atoms with Crippen molar-refractivity contribution in [3.05, 3.63) is 0 Å². The lowest BCUT2D eigenvalue weighted by molar-refractivity contribution is 0.382. The van der Waals surface area contributed by atoms with Gasteiger partial charge < -0.3 is 22.1 Å². The van der Waals surface area contributed by atoms with Crippen LogP contribution in [0.5, 0.6) is 0 Å². The van der Waals surface area contributed by atoms with Crippen molar-refractivity contribution in [2.45, 2.75) is 25.7 Å². The Labute approximate surface area is 99.5 Å². The van der Waals surface area contributed by atoms with Crippen molar-refractivity contribution in [1.29, 1.82) is 0 Å². The third kappa shape index (κ3) is 5.80. The van der Waals surface area contributed by atoms with Gasteiger partial charge in [-0.1, -0.05) is 0 Å². The predicted octanol–water partition coefficient (Wildman–Crippen LogP) is -0.111. The lowest BCUT2D eigenvalue weighted by atomic mass is 9.99. The van der Waals surface area contributed by atoms with Gasteiger partial charge in [-0.3, -0.25) is 0 Å². The number of hydrogen-bond acceptors (Lipinski definition) is 4. The van der Waals surface area contributed by atoms with Crippen LogP contribution in [0.2, 0.25) is 0 Å². The Morgan fingerprint density at radius 3 is 1.19 bits per heavy atom. The molecule has 0 aliphatic carbocycles. The van der Waals surface area contributed by atoms with Crippen molar-refractivity contribution < 1.29 is 0 Å². The topological polar surface area (TPSA) is 76.1 Å². The van der Waals surface area contributed by atoms with Crippen LogP contribution in [-0.2, 0) is 0 Å². The van der Waals surface area contributed by atoms with Crippen LogP contribution in [0.25, 0.3) is 0 Å². The molecule has 0 spiro atoms. The number of rotatable bonds is 2. The molecule has 2 rings (SSSR count). The first-order valence-electron chi connectivity index (χ1n) is 6.68. The maximum atomic E-state index is 5.48. The van der Waals surface area contributed by atoms with Crippen LogP contribution in [0.4, 0.5) is 0 Å². The van der Waals surface area contributed by atoms with E-state index in [-0.39, 0.29) is 0 Å². The fraction of sp³-hybridized carbons (Fsp3) is 1.00. The van der Waals surface area contributed by atoms with E-state index >= 15 is 0 Å². The van der Waals surface area contributed by atoms with Crippen molar-refractivity contribution in [2.24, 2.45) is 23.3 Å². The number of hydrogen-bond donors (Lipinski definition) is 4. The minimum Gasteiger partial charge on any atom is -0.330 e. The molecule has 0 aromatic heterocycles. The zero-order chi connectivity index (χ0) is 11.6. The minimum atomic E-state index is 0.802. The molecule has 2 heterocycles. The predicted molar refractivity (Wildman–Crippen MR) is 69.3 cm³/mol. The molecule has 0 aromatic rings. The highest BCUT2D eigenvalue weighted by atomic mass is 14.9. The van der Waals surface area contributed by atoms with E-state index < -0.39 is 0 Å². The normalized spacial score (nSPS) is 23.6. The summed E-state index contributed by atoms with van der Waals surface area (Å²) in [5, 5.41) is 6.59. The molecule has 0 aromatic carbocycles. The lowest BCUT2D eigenvalue weighted by Gasteiger charge is -2.20. The van der Waals surface area contributed by atoms with Gasteiger partial charge in [0, 0.05) is 0 Å². The van der Waals surface area contributed by atoms with Gasteiger partial charge in [0.1, 0.15) is 0 Å². The third-order valence-corrected chi connectivity index (χ3v) is 3.58. The zero-order valence-corrected chi connectivity index (χ0v) is 10.4. The van der Waals surface area contributed by atoms with Gasteiger partial charge in [-0.2, -0.15) is 0 Å². The second-order valence-electron chi connectivity index (χ2n) is 4.86. The summed E-state index contributed by atoms with van der Waals surface area (Å²) in [5.74, 6) is 1.60. The summed E-state index contributed by atoms with van der Waals surface area (Å²) in [6, 6.07) is 0. The molecule has 2 saturated heterocycles. The van der Waals surface area contributed by atoms with Crippen molar-refractivity contribution >= 4 is 0 Å². The van der Waals surface area contributed by atoms with Gasteiger partial charge in [0.2, 0.25) is 0 Å². The Kier molecular flexibility index (Phi) is 7.76. The summed E-state index contributed by atoms with van der Waals surface area (Å²) >= 11 is 0. The van der Waals surface area contributed by atoms with Gasteiger partial charge in [-0.15, -0.1) is 0 Å². The van der Waals surface area contributed by atoms with E-state index in [2.05, 4.69) is 10.6 Å². The summed E-state index contributed by atoms with van der Waals surface area (Å²) < 4.78 is 0. The third-order valence-electron chi connectivity index (χ3n) is 3.58. The Morgan fingerprint density at radius 2 is 1.00 bits per heavy atom. The molecule has 0 atom stereocenters.